The predicted molar refractivity (Wildman–Crippen MR) is 88.7 cm³/mol. The number of piperidine rings is 1. The smallest absolute Gasteiger partial charge is 0.232 e. The van der Waals surface area contributed by atoms with Gasteiger partial charge in [0.05, 0.1) is 5.75 Å². The van der Waals surface area contributed by atoms with Gasteiger partial charge in [-0.2, -0.15) is 5.10 Å². The van der Waals surface area contributed by atoms with Crippen LogP contribution in [0.5, 0.6) is 0 Å². The second-order valence-electron chi connectivity index (χ2n) is 5.79. The summed E-state index contributed by atoms with van der Waals surface area (Å²) in [5, 5.41) is 4.24. The molecule has 1 aromatic heterocycles. The number of aromatic nitrogens is 2. The van der Waals surface area contributed by atoms with Gasteiger partial charge in [0.15, 0.2) is 0 Å². The Morgan fingerprint density at radius 2 is 2.00 bits per heavy atom. The van der Waals surface area contributed by atoms with E-state index in [1.807, 2.05) is 21.8 Å². The first-order valence-corrected chi connectivity index (χ1v) is 8.83. The molecule has 4 nitrogen and oxygen atoms in total. The molecule has 0 N–H and O–H groups in total. The molecule has 1 amide bonds. The van der Waals surface area contributed by atoms with E-state index in [4.69, 9.17) is 0 Å². The summed E-state index contributed by atoms with van der Waals surface area (Å²) in [5.41, 5.74) is 0. The molecule has 3 rings (SSSR count). The van der Waals surface area contributed by atoms with E-state index in [9.17, 15) is 9.18 Å². The molecule has 6 heteroatoms. The number of nitrogens with zero attached hydrogens (tertiary/aromatic N) is 3. The van der Waals surface area contributed by atoms with Crippen molar-refractivity contribution in [2.75, 3.05) is 18.8 Å². The summed E-state index contributed by atoms with van der Waals surface area (Å²) in [6.07, 6.45) is 5.82. The summed E-state index contributed by atoms with van der Waals surface area (Å²) in [6, 6.07) is 8.21. The van der Waals surface area contributed by atoms with Crippen LogP contribution in [-0.4, -0.2) is 39.4 Å². The van der Waals surface area contributed by atoms with Gasteiger partial charge >= 0.3 is 0 Å². The molecule has 1 aliphatic heterocycles. The Morgan fingerprint density at radius 3 is 2.65 bits per heavy atom. The topological polar surface area (TPSA) is 38.1 Å². The molecule has 2 heterocycles. The number of rotatable bonds is 5. The fourth-order valence-electron chi connectivity index (χ4n) is 2.81. The molecule has 23 heavy (non-hydrogen) atoms. The maximum Gasteiger partial charge on any atom is 0.232 e. The first kappa shape index (κ1) is 16.1. The van der Waals surface area contributed by atoms with Crippen molar-refractivity contribution in [2.24, 2.45) is 5.92 Å². The van der Waals surface area contributed by atoms with Gasteiger partial charge < -0.3 is 4.90 Å². The predicted octanol–water partition coefficient (Wildman–Crippen LogP) is 3.05. The quantitative estimate of drug-likeness (QED) is 0.789. The minimum atomic E-state index is -0.250. The van der Waals surface area contributed by atoms with Gasteiger partial charge in [-0.05, 0) is 49.1 Å². The van der Waals surface area contributed by atoms with Crippen molar-refractivity contribution >= 4 is 17.7 Å². The van der Waals surface area contributed by atoms with Gasteiger partial charge in [-0.3, -0.25) is 9.48 Å². The Balaban J connectivity index is 1.42. The van der Waals surface area contributed by atoms with E-state index < -0.39 is 0 Å². The fourth-order valence-corrected chi connectivity index (χ4v) is 3.61. The molecule has 0 unspecified atom stereocenters. The van der Waals surface area contributed by atoms with Crippen LogP contribution in [-0.2, 0) is 11.3 Å². The third-order valence-electron chi connectivity index (χ3n) is 4.15. The molecule has 1 saturated heterocycles. The second-order valence-corrected chi connectivity index (χ2v) is 6.84. The summed E-state index contributed by atoms with van der Waals surface area (Å²) in [4.78, 5) is 15.1. The van der Waals surface area contributed by atoms with Gasteiger partial charge in [-0.15, -0.1) is 11.8 Å². The number of thioether (sulfide) groups is 1. The van der Waals surface area contributed by atoms with Gasteiger partial charge in [-0.1, -0.05) is 0 Å². The zero-order valence-corrected chi connectivity index (χ0v) is 13.7. The van der Waals surface area contributed by atoms with Gasteiger partial charge in [-0.25, -0.2) is 4.39 Å². The first-order valence-electron chi connectivity index (χ1n) is 7.84. The van der Waals surface area contributed by atoms with Crippen LogP contribution in [0, 0.1) is 11.7 Å². The van der Waals surface area contributed by atoms with Crippen LogP contribution in [0.4, 0.5) is 4.39 Å². The van der Waals surface area contributed by atoms with Crippen molar-refractivity contribution in [3.05, 3.63) is 48.5 Å². The second kappa shape index (κ2) is 7.64. The molecule has 0 saturated carbocycles. The minimum Gasteiger partial charge on any atom is -0.342 e. The summed E-state index contributed by atoms with van der Waals surface area (Å²) < 4.78 is 14.8. The largest absolute Gasteiger partial charge is 0.342 e. The number of halogens is 1. The minimum absolute atomic E-state index is 0.164. The van der Waals surface area contributed by atoms with Crippen molar-refractivity contribution in [3.8, 4) is 0 Å². The standard InChI is InChI=1S/C17H20FN3OS/c18-15-2-4-16(5-3-15)23-13-17(22)20-10-6-14(7-11-20)12-21-9-1-8-19-21/h1-5,8-9,14H,6-7,10-13H2. The molecule has 1 aromatic carbocycles. The van der Waals surface area contributed by atoms with Crippen molar-refractivity contribution in [2.45, 2.75) is 24.3 Å². The SMILES string of the molecule is O=C(CSc1ccc(F)cc1)N1CCC(Cn2cccn2)CC1. The Hall–Kier alpha value is -1.82. The molecule has 1 aliphatic rings. The summed E-state index contributed by atoms with van der Waals surface area (Å²) in [5.74, 6) is 0.913. The average Bonchev–Trinajstić information content (AvgIpc) is 3.08. The van der Waals surface area contributed by atoms with E-state index in [1.54, 1.807) is 18.3 Å². The lowest BCUT2D eigenvalue weighted by Crippen LogP contribution is -2.40. The number of likely N-dealkylation sites (tertiary alicyclic amines) is 1. The van der Waals surface area contributed by atoms with Crippen molar-refractivity contribution in [1.29, 1.82) is 0 Å². The summed E-state index contributed by atoms with van der Waals surface area (Å²) in [7, 11) is 0. The molecular weight excluding hydrogens is 313 g/mol. The Kier molecular flexibility index (Phi) is 5.33. The van der Waals surface area contributed by atoms with Crippen LogP contribution in [0.25, 0.3) is 0 Å². The maximum absolute atomic E-state index is 12.9. The highest BCUT2D eigenvalue weighted by Gasteiger charge is 2.23. The maximum atomic E-state index is 12.9. The molecule has 1 fully saturated rings. The monoisotopic (exact) mass is 333 g/mol. The van der Waals surface area contributed by atoms with Gasteiger partial charge in [0.1, 0.15) is 5.82 Å². The van der Waals surface area contributed by atoms with Crippen LogP contribution in [0.2, 0.25) is 0 Å². The highest BCUT2D eigenvalue weighted by atomic mass is 32.2. The lowest BCUT2D eigenvalue weighted by atomic mass is 9.97. The third kappa shape index (κ3) is 4.58. The molecule has 0 bridgehead atoms. The molecule has 0 aliphatic carbocycles. The molecule has 0 atom stereocenters. The number of amides is 1. The van der Waals surface area contributed by atoms with Crippen LogP contribution < -0.4 is 0 Å². The van der Waals surface area contributed by atoms with E-state index in [0.29, 0.717) is 11.7 Å². The van der Waals surface area contributed by atoms with E-state index >= 15 is 0 Å². The first-order chi connectivity index (χ1) is 11.2. The van der Waals surface area contributed by atoms with Crippen LogP contribution >= 0.6 is 11.8 Å². The zero-order chi connectivity index (χ0) is 16.1. The molecule has 0 radical (unpaired) electrons. The zero-order valence-electron chi connectivity index (χ0n) is 12.9. The summed E-state index contributed by atoms with van der Waals surface area (Å²) >= 11 is 1.46. The normalized spacial score (nSPS) is 15.8. The Bertz CT molecular complexity index is 622. The van der Waals surface area contributed by atoms with Crippen molar-refractivity contribution < 1.29 is 9.18 Å². The molecule has 122 valence electrons. The highest BCUT2D eigenvalue weighted by Crippen LogP contribution is 2.22. The van der Waals surface area contributed by atoms with Crippen LogP contribution in [0.15, 0.2) is 47.6 Å². The number of carbonyl (C=O) groups is 1. The lowest BCUT2D eigenvalue weighted by molar-refractivity contribution is -0.129. The summed E-state index contributed by atoms with van der Waals surface area (Å²) in [6.45, 7) is 2.56. The lowest BCUT2D eigenvalue weighted by Gasteiger charge is -2.32. The van der Waals surface area contributed by atoms with Crippen LogP contribution in [0.3, 0.4) is 0 Å². The number of hydrogen-bond acceptors (Lipinski definition) is 3. The highest BCUT2D eigenvalue weighted by molar-refractivity contribution is 8.00. The van der Waals surface area contributed by atoms with E-state index in [0.717, 1.165) is 37.4 Å². The molecular formula is C17H20FN3OS. The van der Waals surface area contributed by atoms with Gasteiger partial charge in [0, 0.05) is 36.9 Å². The molecule has 0 spiro atoms. The van der Waals surface area contributed by atoms with E-state index in [2.05, 4.69) is 5.10 Å². The van der Waals surface area contributed by atoms with E-state index in [1.165, 1.54) is 23.9 Å². The molecule has 2 aromatic rings. The third-order valence-corrected chi connectivity index (χ3v) is 5.14. The average molecular weight is 333 g/mol. The van der Waals surface area contributed by atoms with Gasteiger partial charge in [0.2, 0.25) is 5.91 Å². The van der Waals surface area contributed by atoms with E-state index in [-0.39, 0.29) is 11.7 Å². The Labute approximate surface area is 139 Å². The Morgan fingerprint density at radius 1 is 1.26 bits per heavy atom. The van der Waals surface area contributed by atoms with Gasteiger partial charge in [0.25, 0.3) is 0 Å². The fraction of sp³-hybridized carbons (Fsp3) is 0.412. The van der Waals surface area contributed by atoms with Crippen molar-refractivity contribution in [1.82, 2.24) is 14.7 Å². The van der Waals surface area contributed by atoms with Crippen LogP contribution in [0.1, 0.15) is 12.8 Å². The number of carbonyl (C=O) groups excluding carboxylic acids is 1. The number of benzene rings is 1. The van der Waals surface area contributed by atoms with Crippen molar-refractivity contribution in [3.63, 3.8) is 0 Å². The number of hydrogen-bond donors (Lipinski definition) is 0.